The van der Waals surface area contributed by atoms with E-state index in [1.165, 1.54) is 10.5 Å². The quantitative estimate of drug-likeness (QED) is 0.705. The first kappa shape index (κ1) is 22.5. The number of amides is 1. The molecule has 0 radical (unpaired) electrons. The lowest BCUT2D eigenvalue weighted by atomic mass is 9.90. The van der Waals surface area contributed by atoms with Crippen LogP contribution in [0.1, 0.15) is 51.5 Å². The summed E-state index contributed by atoms with van der Waals surface area (Å²) >= 11 is 0. The highest BCUT2D eigenvalue weighted by Gasteiger charge is 2.33. The van der Waals surface area contributed by atoms with Crippen LogP contribution in [0.25, 0.3) is 0 Å². The number of likely N-dealkylation sites (tertiary alicyclic amines) is 1. The first-order valence-corrected chi connectivity index (χ1v) is 9.95. The number of benzene rings is 1. The predicted molar refractivity (Wildman–Crippen MR) is 103 cm³/mol. The summed E-state index contributed by atoms with van der Waals surface area (Å²) in [5.74, 6) is 1.31. The minimum Gasteiger partial charge on any atom is -0.493 e. The Morgan fingerprint density at radius 1 is 1.18 bits per heavy atom. The lowest BCUT2D eigenvalue weighted by molar-refractivity contribution is -0.148. The zero-order valence-electron chi connectivity index (χ0n) is 16.9. The second-order valence-corrected chi connectivity index (χ2v) is 7.91. The van der Waals surface area contributed by atoms with Gasteiger partial charge in [0.2, 0.25) is 5.91 Å². The fraction of sp³-hybridized carbons (Fsp3) is 0.667. The average Bonchev–Trinajstić information content (AvgIpc) is 2.61. The number of carbonyl (C=O) groups excluding carboxylic acids is 1. The molecule has 0 aromatic heterocycles. The highest BCUT2D eigenvalue weighted by atomic mass is 19.4. The number of nitrogens with zero attached hydrogens (tertiary/aromatic N) is 1. The molecule has 1 amide bonds. The largest absolute Gasteiger partial charge is 0.493 e. The Labute approximate surface area is 165 Å². The topological polar surface area (TPSA) is 41.6 Å². The molecule has 4 nitrogen and oxygen atoms in total. The van der Waals surface area contributed by atoms with Crippen molar-refractivity contribution in [3.63, 3.8) is 0 Å². The summed E-state index contributed by atoms with van der Waals surface area (Å²) in [6.45, 7) is 6.45. The number of nitrogens with one attached hydrogen (secondary N) is 1. The van der Waals surface area contributed by atoms with Crippen molar-refractivity contribution in [2.24, 2.45) is 5.92 Å². The lowest BCUT2D eigenvalue weighted by Crippen LogP contribution is -2.46. The van der Waals surface area contributed by atoms with E-state index in [9.17, 15) is 18.0 Å². The van der Waals surface area contributed by atoms with E-state index in [4.69, 9.17) is 4.74 Å². The summed E-state index contributed by atoms with van der Waals surface area (Å²) < 4.78 is 43.0. The molecule has 1 N–H and O–H groups in total. The van der Waals surface area contributed by atoms with E-state index in [1.54, 1.807) is 0 Å². The molecular weight excluding hydrogens is 369 g/mol. The van der Waals surface area contributed by atoms with E-state index < -0.39 is 12.7 Å². The van der Waals surface area contributed by atoms with Crippen LogP contribution in [0.3, 0.4) is 0 Å². The fourth-order valence-electron chi connectivity index (χ4n) is 3.52. The van der Waals surface area contributed by atoms with E-state index in [2.05, 4.69) is 19.2 Å². The molecule has 1 aliphatic rings. The van der Waals surface area contributed by atoms with Crippen LogP contribution in [0.15, 0.2) is 24.3 Å². The van der Waals surface area contributed by atoms with E-state index in [-0.39, 0.29) is 24.3 Å². The number of piperidine rings is 1. The van der Waals surface area contributed by atoms with Gasteiger partial charge in [-0.05, 0) is 62.4 Å². The van der Waals surface area contributed by atoms with Crippen LogP contribution < -0.4 is 10.1 Å². The molecule has 28 heavy (non-hydrogen) atoms. The van der Waals surface area contributed by atoms with Gasteiger partial charge in [0, 0.05) is 6.04 Å². The molecule has 1 aromatic rings. The van der Waals surface area contributed by atoms with E-state index in [0.717, 1.165) is 5.75 Å². The molecule has 2 rings (SSSR count). The molecule has 0 saturated carbocycles. The Bertz CT molecular complexity index is 609. The summed E-state index contributed by atoms with van der Waals surface area (Å²) in [6.07, 6.45) is -2.57. The molecule has 1 heterocycles. The van der Waals surface area contributed by atoms with Crippen LogP contribution in [0.2, 0.25) is 0 Å². The predicted octanol–water partition coefficient (Wildman–Crippen LogP) is 4.36. The minimum absolute atomic E-state index is 0.0501. The first-order chi connectivity index (χ1) is 13.1. The summed E-state index contributed by atoms with van der Waals surface area (Å²) in [6, 6.07) is 7.81. The third kappa shape index (κ3) is 7.70. The third-order valence-corrected chi connectivity index (χ3v) is 5.28. The lowest BCUT2D eigenvalue weighted by Gasteiger charge is -2.35. The molecule has 0 spiro atoms. The number of ether oxygens (including phenoxy) is 1. The number of hydrogen-bond donors (Lipinski definition) is 1. The van der Waals surface area contributed by atoms with Gasteiger partial charge >= 0.3 is 6.18 Å². The number of halogens is 3. The SMILES string of the molecule is CC(C)c1ccc(OCCC(=O)N[C@H](C)C2CCN(CC(F)(F)F)CC2)cc1. The summed E-state index contributed by atoms with van der Waals surface area (Å²) in [5.41, 5.74) is 1.24. The maximum Gasteiger partial charge on any atom is 0.401 e. The molecule has 7 heteroatoms. The second-order valence-electron chi connectivity index (χ2n) is 7.91. The van der Waals surface area contributed by atoms with E-state index in [0.29, 0.717) is 38.5 Å². The summed E-state index contributed by atoms with van der Waals surface area (Å²) in [7, 11) is 0. The van der Waals surface area contributed by atoms with Gasteiger partial charge in [-0.2, -0.15) is 13.2 Å². The van der Waals surface area contributed by atoms with Gasteiger partial charge in [-0.15, -0.1) is 0 Å². The molecule has 1 aromatic carbocycles. The van der Waals surface area contributed by atoms with Gasteiger partial charge in [-0.1, -0.05) is 26.0 Å². The van der Waals surface area contributed by atoms with Crippen molar-refractivity contribution in [2.75, 3.05) is 26.2 Å². The molecule has 1 fully saturated rings. The van der Waals surface area contributed by atoms with Crippen molar-refractivity contribution in [2.45, 2.75) is 58.2 Å². The zero-order valence-corrected chi connectivity index (χ0v) is 16.9. The fourth-order valence-corrected chi connectivity index (χ4v) is 3.52. The summed E-state index contributed by atoms with van der Waals surface area (Å²) in [4.78, 5) is 13.6. The van der Waals surface area contributed by atoms with Crippen LogP contribution in [0, 0.1) is 5.92 Å². The van der Waals surface area contributed by atoms with E-state index in [1.807, 2.05) is 31.2 Å². The molecule has 1 saturated heterocycles. The van der Waals surface area contributed by atoms with Crippen molar-refractivity contribution in [3.05, 3.63) is 29.8 Å². The standard InChI is InChI=1S/C21H31F3N2O2/c1-15(2)17-4-6-19(7-5-17)28-13-10-20(27)25-16(3)18-8-11-26(12-9-18)14-21(22,23)24/h4-7,15-16,18H,8-14H2,1-3H3,(H,25,27)/t16-/m1/s1. The Morgan fingerprint density at radius 2 is 1.79 bits per heavy atom. The third-order valence-electron chi connectivity index (χ3n) is 5.28. The number of hydrogen-bond acceptors (Lipinski definition) is 3. The van der Waals surface area contributed by atoms with Crippen LogP contribution in [-0.4, -0.2) is 49.3 Å². The molecular formula is C21H31F3N2O2. The zero-order chi connectivity index (χ0) is 20.7. The first-order valence-electron chi connectivity index (χ1n) is 9.95. The van der Waals surface area contributed by atoms with Gasteiger partial charge < -0.3 is 10.1 Å². The Kier molecular flexibility index (Phi) is 8.16. The highest BCUT2D eigenvalue weighted by molar-refractivity contribution is 5.76. The highest BCUT2D eigenvalue weighted by Crippen LogP contribution is 2.24. The van der Waals surface area contributed by atoms with Crippen LogP contribution in [-0.2, 0) is 4.79 Å². The van der Waals surface area contributed by atoms with Crippen LogP contribution >= 0.6 is 0 Å². The van der Waals surface area contributed by atoms with Crippen molar-refractivity contribution in [3.8, 4) is 5.75 Å². The van der Waals surface area contributed by atoms with Crippen molar-refractivity contribution >= 4 is 5.91 Å². The Balaban J connectivity index is 1.66. The van der Waals surface area contributed by atoms with Crippen LogP contribution in [0.5, 0.6) is 5.75 Å². The molecule has 0 unspecified atom stereocenters. The molecule has 0 aliphatic carbocycles. The van der Waals surface area contributed by atoms with Gasteiger partial charge in [-0.25, -0.2) is 0 Å². The smallest absolute Gasteiger partial charge is 0.401 e. The molecule has 158 valence electrons. The Morgan fingerprint density at radius 3 is 2.32 bits per heavy atom. The van der Waals surface area contributed by atoms with E-state index >= 15 is 0 Å². The maximum atomic E-state index is 12.5. The maximum absolute atomic E-state index is 12.5. The molecule has 0 bridgehead atoms. The van der Waals surface area contributed by atoms with Gasteiger partial charge in [0.15, 0.2) is 0 Å². The van der Waals surface area contributed by atoms with Gasteiger partial charge in [0.25, 0.3) is 0 Å². The monoisotopic (exact) mass is 400 g/mol. The van der Waals surface area contributed by atoms with Crippen molar-refractivity contribution in [1.29, 1.82) is 0 Å². The number of carbonyl (C=O) groups is 1. The van der Waals surface area contributed by atoms with Gasteiger partial charge in [0.05, 0.1) is 19.6 Å². The molecule has 1 aliphatic heterocycles. The second kappa shape index (κ2) is 10.1. The Hall–Kier alpha value is -1.76. The van der Waals surface area contributed by atoms with Gasteiger partial charge in [0.1, 0.15) is 5.75 Å². The number of rotatable bonds is 8. The summed E-state index contributed by atoms with van der Waals surface area (Å²) in [5, 5.41) is 2.96. The minimum atomic E-state index is -4.15. The molecule has 1 atom stereocenters. The number of alkyl halides is 3. The van der Waals surface area contributed by atoms with Gasteiger partial charge in [-0.3, -0.25) is 9.69 Å². The van der Waals surface area contributed by atoms with Crippen LogP contribution in [0.4, 0.5) is 13.2 Å². The normalized spacial score (nSPS) is 17.5. The van der Waals surface area contributed by atoms with Crippen molar-refractivity contribution in [1.82, 2.24) is 10.2 Å². The van der Waals surface area contributed by atoms with Crippen molar-refractivity contribution < 1.29 is 22.7 Å². The average molecular weight is 400 g/mol.